The summed E-state index contributed by atoms with van der Waals surface area (Å²) in [5.74, 6) is -0.469. The van der Waals surface area contributed by atoms with Crippen molar-refractivity contribution in [3.05, 3.63) is 46.7 Å². The fourth-order valence-corrected chi connectivity index (χ4v) is 2.75. The summed E-state index contributed by atoms with van der Waals surface area (Å²) in [4.78, 5) is 3.99. The largest absolute Gasteiger partial charge is 0.248 e. The smallest absolute Gasteiger partial charge is 0.240 e. The molecule has 4 nitrogen and oxygen atoms in total. The van der Waals surface area contributed by atoms with Crippen LogP contribution in [-0.2, 0) is 16.6 Å². The summed E-state index contributed by atoms with van der Waals surface area (Å²) in [6.07, 6.45) is 0. The molecule has 7 heteroatoms. The first kappa shape index (κ1) is 12.2. The van der Waals surface area contributed by atoms with Crippen molar-refractivity contribution in [2.24, 2.45) is 0 Å². The monoisotopic (exact) mass is 272 g/mol. The van der Waals surface area contributed by atoms with E-state index >= 15 is 0 Å². The molecule has 0 atom stereocenters. The number of aromatic nitrogens is 1. The number of hydrogen-bond donors (Lipinski definition) is 1. The van der Waals surface area contributed by atoms with Crippen LogP contribution in [0.5, 0.6) is 0 Å². The standard InChI is InChI=1S/C10H9FN2O2S2/c11-8-1-3-10(4-2-8)17(14,15)13-5-9-6-16-7-12-9/h1-4,6-7,13H,5H2. The molecular weight excluding hydrogens is 263 g/mol. The van der Waals surface area contributed by atoms with Crippen LogP contribution in [0.3, 0.4) is 0 Å². The van der Waals surface area contributed by atoms with E-state index in [-0.39, 0.29) is 11.4 Å². The number of halogens is 1. The SMILES string of the molecule is O=S(=O)(NCc1cscn1)c1ccc(F)cc1. The lowest BCUT2D eigenvalue weighted by Crippen LogP contribution is -2.23. The predicted molar refractivity (Wildman–Crippen MR) is 62.5 cm³/mol. The van der Waals surface area contributed by atoms with E-state index in [0.29, 0.717) is 5.69 Å². The van der Waals surface area contributed by atoms with Gasteiger partial charge in [-0.05, 0) is 24.3 Å². The van der Waals surface area contributed by atoms with Crippen LogP contribution in [0.25, 0.3) is 0 Å². The van der Waals surface area contributed by atoms with Crippen molar-refractivity contribution in [1.29, 1.82) is 0 Å². The van der Waals surface area contributed by atoms with Gasteiger partial charge in [0.25, 0.3) is 0 Å². The van der Waals surface area contributed by atoms with Gasteiger partial charge in [-0.15, -0.1) is 11.3 Å². The molecule has 0 aliphatic carbocycles. The van der Waals surface area contributed by atoms with Crippen LogP contribution in [0.15, 0.2) is 40.1 Å². The zero-order valence-corrected chi connectivity index (χ0v) is 10.3. The Labute approximate surface area is 102 Å². The average Bonchev–Trinajstić information content (AvgIpc) is 2.80. The van der Waals surface area contributed by atoms with Gasteiger partial charge < -0.3 is 0 Å². The Balaban J connectivity index is 2.11. The quantitative estimate of drug-likeness (QED) is 0.922. The molecule has 0 saturated heterocycles. The molecule has 0 amide bonds. The highest BCUT2D eigenvalue weighted by Gasteiger charge is 2.13. The Morgan fingerprint density at radius 2 is 2.00 bits per heavy atom. The molecule has 2 rings (SSSR count). The Morgan fingerprint density at radius 1 is 1.29 bits per heavy atom. The Kier molecular flexibility index (Phi) is 3.51. The fourth-order valence-electron chi connectivity index (χ4n) is 1.19. The van der Waals surface area contributed by atoms with Gasteiger partial charge in [0.2, 0.25) is 10.0 Å². The first-order chi connectivity index (χ1) is 8.08. The summed E-state index contributed by atoms with van der Waals surface area (Å²) in [5, 5.41) is 1.76. The molecule has 0 radical (unpaired) electrons. The van der Waals surface area contributed by atoms with Crippen LogP contribution >= 0.6 is 11.3 Å². The predicted octanol–water partition coefficient (Wildman–Crippen LogP) is 1.76. The molecule has 0 aliphatic heterocycles. The zero-order chi connectivity index (χ0) is 12.3. The summed E-state index contributed by atoms with van der Waals surface area (Å²) in [6.45, 7) is 0.128. The minimum atomic E-state index is -3.61. The second-order valence-electron chi connectivity index (χ2n) is 3.26. The normalized spacial score (nSPS) is 11.6. The molecule has 0 fully saturated rings. The van der Waals surface area contributed by atoms with Crippen LogP contribution in [0.1, 0.15) is 5.69 Å². The lowest BCUT2D eigenvalue weighted by Gasteiger charge is -2.04. The summed E-state index contributed by atoms with van der Waals surface area (Å²) in [5.41, 5.74) is 2.28. The maximum Gasteiger partial charge on any atom is 0.240 e. The minimum Gasteiger partial charge on any atom is -0.248 e. The van der Waals surface area contributed by atoms with Crippen molar-refractivity contribution in [2.45, 2.75) is 11.4 Å². The first-order valence-corrected chi connectivity index (χ1v) is 7.13. The number of rotatable bonds is 4. The number of sulfonamides is 1. The van der Waals surface area contributed by atoms with Crippen LogP contribution in [0.2, 0.25) is 0 Å². The van der Waals surface area contributed by atoms with Gasteiger partial charge in [0, 0.05) is 5.38 Å². The molecule has 0 saturated carbocycles. The second kappa shape index (κ2) is 4.91. The van der Waals surface area contributed by atoms with E-state index in [1.165, 1.54) is 23.5 Å². The molecule has 1 aromatic carbocycles. The first-order valence-electron chi connectivity index (χ1n) is 4.70. The maximum absolute atomic E-state index is 12.7. The summed E-state index contributed by atoms with van der Waals surface area (Å²) >= 11 is 1.39. The third kappa shape index (κ3) is 3.09. The molecule has 0 spiro atoms. The topological polar surface area (TPSA) is 59.1 Å². The van der Waals surface area contributed by atoms with Gasteiger partial charge >= 0.3 is 0 Å². The molecule has 1 heterocycles. The third-order valence-electron chi connectivity index (χ3n) is 2.05. The van der Waals surface area contributed by atoms with Gasteiger partial charge in [-0.2, -0.15) is 0 Å². The van der Waals surface area contributed by atoms with E-state index in [1.807, 2.05) is 0 Å². The van der Waals surface area contributed by atoms with Gasteiger partial charge in [-0.3, -0.25) is 0 Å². The van der Waals surface area contributed by atoms with Gasteiger partial charge in [0.05, 0.1) is 22.6 Å². The number of hydrogen-bond acceptors (Lipinski definition) is 4. The Hall–Kier alpha value is -1.31. The number of nitrogens with zero attached hydrogens (tertiary/aromatic N) is 1. The van der Waals surface area contributed by atoms with E-state index in [0.717, 1.165) is 12.1 Å². The number of benzene rings is 1. The highest BCUT2D eigenvalue weighted by atomic mass is 32.2. The Morgan fingerprint density at radius 3 is 2.59 bits per heavy atom. The summed E-state index contributed by atoms with van der Waals surface area (Å²) < 4.78 is 38.6. The van der Waals surface area contributed by atoms with E-state index in [2.05, 4.69) is 9.71 Å². The van der Waals surface area contributed by atoms with Gasteiger partial charge in [-0.1, -0.05) is 0 Å². The van der Waals surface area contributed by atoms with E-state index < -0.39 is 15.8 Å². The second-order valence-corrected chi connectivity index (χ2v) is 5.74. The number of nitrogens with one attached hydrogen (secondary N) is 1. The summed E-state index contributed by atoms with van der Waals surface area (Å²) in [6, 6.07) is 4.66. The van der Waals surface area contributed by atoms with Crippen molar-refractivity contribution >= 4 is 21.4 Å². The molecule has 0 bridgehead atoms. The highest BCUT2D eigenvalue weighted by Crippen LogP contribution is 2.10. The number of thiazole rings is 1. The molecule has 17 heavy (non-hydrogen) atoms. The zero-order valence-electron chi connectivity index (χ0n) is 8.63. The van der Waals surface area contributed by atoms with Crippen LogP contribution in [0.4, 0.5) is 4.39 Å². The molecule has 2 aromatic rings. The van der Waals surface area contributed by atoms with Crippen LogP contribution in [0, 0.1) is 5.82 Å². The lowest BCUT2D eigenvalue weighted by atomic mass is 10.4. The van der Waals surface area contributed by atoms with Gasteiger partial charge in [0.15, 0.2) is 0 Å². The van der Waals surface area contributed by atoms with Gasteiger partial charge in [-0.25, -0.2) is 22.5 Å². The van der Waals surface area contributed by atoms with E-state index in [1.54, 1.807) is 10.9 Å². The van der Waals surface area contributed by atoms with Gasteiger partial charge in [0.1, 0.15) is 5.82 Å². The average molecular weight is 272 g/mol. The van der Waals surface area contributed by atoms with Crippen LogP contribution < -0.4 is 4.72 Å². The maximum atomic E-state index is 12.7. The van der Waals surface area contributed by atoms with Crippen molar-refractivity contribution in [2.75, 3.05) is 0 Å². The molecule has 1 aromatic heterocycles. The van der Waals surface area contributed by atoms with Crippen molar-refractivity contribution < 1.29 is 12.8 Å². The van der Waals surface area contributed by atoms with Crippen LogP contribution in [-0.4, -0.2) is 13.4 Å². The van der Waals surface area contributed by atoms with E-state index in [9.17, 15) is 12.8 Å². The summed E-state index contributed by atoms with van der Waals surface area (Å²) in [7, 11) is -3.61. The van der Waals surface area contributed by atoms with Crippen molar-refractivity contribution in [3.8, 4) is 0 Å². The fraction of sp³-hybridized carbons (Fsp3) is 0.100. The van der Waals surface area contributed by atoms with E-state index in [4.69, 9.17) is 0 Å². The van der Waals surface area contributed by atoms with Crippen molar-refractivity contribution in [1.82, 2.24) is 9.71 Å². The molecule has 0 aliphatic rings. The lowest BCUT2D eigenvalue weighted by molar-refractivity contribution is 0.579. The molecule has 0 unspecified atom stereocenters. The Bertz CT molecular complexity index is 579. The molecule has 90 valence electrons. The van der Waals surface area contributed by atoms with Crippen molar-refractivity contribution in [3.63, 3.8) is 0 Å². The minimum absolute atomic E-state index is 0.0362. The third-order valence-corrected chi connectivity index (χ3v) is 4.10. The molecular formula is C10H9FN2O2S2. The molecule has 1 N–H and O–H groups in total. The highest BCUT2D eigenvalue weighted by molar-refractivity contribution is 7.89.